The fourth-order valence-electron chi connectivity index (χ4n) is 1.99. The Morgan fingerprint density at radius 3 is 2.57 bits per heavy atom. The van der Waals surface area contributed by atoms with Crippen LogP contribution in [0.4, 0.5) is 0 Å². The molecule has 0 aromatic carbocycles. The smallest absolute Gasteiger partial charge is 0.261 e. The fraction of sp³-hybridized carbons (Fsp3) is 0.538. The summed E-state index contributed by atoms with van der Waals surface area (Å²) in [7, 11) is 0. The number of hydrogen-bond donors (Lipinski definition) is 3. The Labute approximate surface area is 133 Å². The summed E-state index contributed by atoms with van der Waals surface area (Å²) in [6, 6.07) is 3.58. The molecular formula is C13H20ClN3O3S. The number of hydrogen-bond acceptors (Lipinski definition) is 5. The Balaban J connectivity index is 0.00000220. The molecule has 4 N–H and O–H groups in total. The molecule has 0 spiro atoms. The lowest BCUT2D eigenvalue weighted by Crippen LogP contribution is -2.57. The van der Waals surface area contributed by atoms with Crippen molar-refractivity contribution in [3.8, 4) is 0 Å². The monoisotopic (exact) mass is 333 g/mol. The molecule has 2 heterocycles. The molecule has 0 radical (unpaired) electrons. The van der Waals surface area contributed by atoms with E-state index >= 15 is 0 Å². The second-order valence-corrected chi connectivity index (χ2v) is 5.71. The number of carbonyl (C=O) groups is 2. The molecule has 1 fully saturated rings. The van der Waals surface area contributed by atoms with Crippen LogP contribution in [0.5, 0.6) is 0 Å². The Bertz CT molecular complexity index is 461. The van der Waals surface area contributed by atoms with Gasteiger partial charge in [-0.1, -0.05) is 6.07 Å². The second kappa shape index (κ2) is 8.33. The van der Waals surface area contributed by atoms with Gasteiger partial charge in [0.1, 0.15) is 0 Å². The van der Waals surface area contributed by atoms with Gasteiger partial charge in [0, 0.05) is 26.3 Å². The molecule has 1 aliphatic heterocycles. The van der Waals surface area contributed by atoms with Crippen LogP contribution < -0.4 is 16.4 Å². The second-order valence-electron chi connectivity index (χ2n) is 4.76. The van der Waals surface area contributed by atoms with Crippen molar-refractivity contribution >= 4 is 35.6 Å². The van der Waals surface area contributed by atoms with Crippen LogP contribution in [0.15, 0.2) is 17.5 Å². The van der Waals surface area contributed by atoms with Crippen molar-refractivity contribution in [2.24, 2.45) is 5.73 Å². The lowest BCUT2D eigenvalue weighted by Gasteiger charge is -2.31. The summed E-state index contributed by atoms with van der Waals surface area (Å²) >= 11 is 1.38. The van der Waals surface area contributed by atoms with Crippen LogP contribution in [-0.2, 0) is 9.53 Å². The number of halogens is 1. The van der Waals surface area contributed by atoms with Gasteiger partial charge in [-0.3, -0.25) is 9.59 Å². The van der Waals surface area contributed by atoms with Gasteiger partial charge in [-0.2, -0.15) is 0 Å². The summed E-state index contributed by atoms with van der Waals surface area (Å²) in [5.74, 6) is -0.297. The van der Waals surface area contributed by atoms with Gasteiger partial charge in [0.15, 0.2) is 0 Å². The number of nitrogens with two attached hydrogens (primary N) is 1. The van der Waals surface area contributed by atoms with Crippen LogP contribution in [0.25, 0.3) is 0 Å². The van der Waals surface area contributed by atoms with Crippen LogP contribution in [0.3, 0.4) is 0 Å². The van der Waals surface area contributed by atoms with E-state index in [1.54, 1.807) is 6.07 Å². The predicted octanol–water partition coefficient (Wildman–Crippen LogP) is 0.524. The van der Waals surface area contributed by atoms with Crippen LogP contribution in [0.1, 0.15) is 22.5 Å². The van der Waals surface area contributed by atoms with E-state index in [0.29, 0.717) is 44.0 Å². The van der Waals surface area contributed by atoms with Crippen molar-refractivity contribution in [3.05, 3.63) is 22.4 Å². The highest BCUT2D eigenvalue weighted by Crippen LogP contribution is 2.17. The average Bonchev–Trinajstić information content (AvgIpc) is 2.98. The van der Waals surface area contributed by atoms with E-state index < -0.39 is 5.54 Å². The summed E-state index contributed by atoms with van der Waals surface area (Å²) in [4.78, 5) is 24.3. The van der Waals surface area contributed by atoms with Gasteiger partial charge in [-0.25, -0.2) is 0 Å². The van der Waals surface area contributed by atoms with E-state index in [1.807, 2.05) is 11.4 Å². The van der Waals surface area contributed by atoms with E-state index in [1.165, 1.54) is 11.3 Å². The van der Waals surface area contributed by atoms with Crippen LogP contribution in [-0.4, -0.2) is 43.7 Å². The topological polar surface area (TPSA) is 93.5 Å². The summed E-state index contributed by atoms with van der Waals surface area (Å²) in [5.41, 5.74) is 5.21. The summed E-state index contributed by atoms with van der Waals surface area (Å²) in [6.07, 6.45) is 1.06. The normalized spacial score (nSPS) is 16.6. The highest BCUT2D eigenvalue weighted by atomic mass is 35.5. The quantitative estimate of drug-likeness (QED) is 0.685. The third-order valence-electron chi connectivity index (χ3n) is 3.28. The van der Waals surface area contributed by atoms with Crippen molar-refractivity contribution in [1.29, 1.82) is 0 Å². The number of amides is 2. The fourth-order valence-corrected chi connectivity index (χ4v) is 2.63. The molecule has 0 aliphatic carbocycles. The maximum absolute atomic E-state index is 12.0. The van der Waals surface area contributed by atoms with Crippen molar-refractivity contribution in [1.82, 2.24) is 10.6 Å². The summed E-state index contributed by atoms with van der Waals surface area (Å²) < 4.78 is 5.20. The molecule has 0 bridgehead atoms. The first-order valence-corrected chi connectivity index (χ1v) is 7.46. The highest BCUT2D eigenvalue weighted by molar-refractivity contribution is 7.12. The first-order chi connectivity index (χ1) is 9.62. The molecule has 6 nitrogen and oxygen atoms in total. The third kappa shape index (κ3) is 4.96. The Morgan fingerprint density at radius 1 is 1.29 bits per heavy atom. The molecule has 8 heteroatoms. The zero-order valence-electron chi connectivity index (χ0n) is 11.6. The number of rotatable bonds is 5. The number of ether oxygens (including phenoxy) is 1. The maximum Gasteiger partial charge on any atom is 0.261 e. The molecule has 21 heavy (non-hydrogen) atoms. The Hall–Kier alpha value is -1.15. The van der Waals surface area contributed by atoms with E-state index in [2.05, 4.69) is 10.6 Å². The Kier molecular flexibility index (Phi) is 7.10. The standard InChI is InChI=1S/C13H19N3O3S.ClH/c14-13(3-7-19-8-4-13)12(18)16-6-5-15-11(17)10-2-1-9-20-10;/h1-2,9H,3-8,14H2,(H,15,17)(H,16,18);1H. The van der Waals surface area contributed by atoms with Crippen molar-refractivity contribution < 1.29 is 14.3 Å². The van der Waals surface area contributed by atoms with Gasteiger partial charge in [-0.15, -0.1) is 23.7 Å². The zero-order valence-corrected chi connectivity index (χ0v) is 13.2. The predicted molar refractivity (Wildman–Crippen MR) is 83.9 cm³/mol. The van der Waals surface area contributed by atoms with E-state index in [-0.39, 0.29) is 24.2 Å². The first kappa shape index (κ1) is 17.9. The number of thiophene rings is 1. The minimum Gasteiger partial charge on any atom is -0.381 e. The van der Waals surface area contributed by atoms with Gasteiger partial charge in [0.05, 0.1) is 10.4 Å². The lowest BCUT2D eigenvalue weighted by molar-refractivity contribution is -0.129. The van der Waals surface area contributed by atoms with Crippen LogP contribution in [0.2, 0.25) is 0 Å². The lowest BCUT2D eigenvalue weighted by atomic mass is 9.90. The molecule has 1 aromatic rings. The zero-order chi connectivity index (χ0) is 14.4. The van der Waals surface area contributed by atoms with Crippen molar-refractivity contribution in [2.45, 2.75) is 18.4 Å². The van der Waals surface area contributed by atoms with Gasteiger partial charge in [0.2, 0.25) is 5.91 Å². The largest absolute Gasteiger partial charge is 0.381 e. The molecule has 1 aliphatic rings. The molecule has 0 saturated carbocycles. The molecule has 1 aromatic heterocycles. The minimum atomic E-state index is -0.837. The van der Waals surface area contributed by atoms with Gasteiger partial charge >= 0.3 is 0 Å². The van der Waals surface area contributed by atoms with Crippen LogP contribution in [0, 0.1) is 0 Å². The average molecular weight is 334 g/mol. The van der Waals surface area contributed by atoms with E-state index in [0.717, 1.165) is 0 Å². The van der Waals surface area contributed by atoms with Crippen molar-refractivity contribution in [2.75, 3.05) is 26.3 Å². The molecule has 2 amide bonds. The summed E-state index contributed by atoms with van der Waals surface area (Å²) in [5, 5.41) is 7.36. The molecule has 0 atom stereocenters. The molecule has 2 rings (SSSR count). The van der Waals surface area contributed by atoms with Gasteiger partial charge < -0.3 is 21.1 Å². The first-order valence-electron chi connectivity index (χ1n) is 6.58. The Morgan fingerprint density at radius 2 is 1.95 bits per heavy atom. The molecule has 0 unspecified atom stereocenters. The maximum atomic E-state index is 12.0. The highest BCUT2D eigenvalue weighted by Gasteiger charge is 2.35. The van der Waals surface area contributed by atoms with Crippen LogP contribution >= 0.6 is 23.7 Å². The minimum absolute atomic E-state index is 0. The van der Waals surface area contributed by atoms with E-state index in [4.69, 9.17) is 10.5 Å². The van der Waals surface area contributed by atoms with E-state index in [9.17, 15) is 9.59 Å². The number of nitrogens with one attached hydrogen (secondary N) is 2. The molecular weight excluding hydrogens is 314 g/mol. The SMILES string of the molecule is Cl.NC1(C(=O)NCCNC(=O)c2cccs2)CCOCC1. The van der Waals surface area contributed by atoms with Gasteiger partial charge in [0.25, 0.3) is 5.91 Å². The van der Waals surface area contributed by atoms with Crippen molar-refractivity contribution in [3.63, 3.8) is 0 Å². The number of carbonyl (C=O) groups excluding carboxylic acids is 2. The third-order valence-corrected chi connectivity index (χ3v) is 4.15. The summed E-state index contributed by atoms with van der Waals surface area (Å²) in [6.45, 7) is 1.78. The molecule has 1 saturated heterocycles. The molecule has 118 valence electrons. The van der Waals surface area contributed by atoms with Gasteiger partial charge in [-0.05, 0) is 24.3 Å².